The van der Waals surface area contributed by atoms with Gasteiger partial charge in [-0.05, 0) is 43.3 Å². The maximum atomic E-state index is 12.7. The molecule has 2 aromatic carbocycles. The van der Waals surface area contributed by atoms with Gasteiger partial charge in [0.05, 0.1) is 25.0 Å². The number of hydrazine groups is 1. The van der Waals surface area contributed by atoms with Crippen LogP contribution < -0.4 is 15.2 Å². The fraction of sp³-hybridized carbons (Fsp3) is 0.150. The van der Waals surface area contributed by atoms with E-state index in [0.717, 1.165) is 5.01 Å². The van der Waals surface area contributed by atoms with E-state index in [-0.39, 0.29) is 12.2 Å². The first kappa shape index (κ1) is 18.2. The van der Waals surface area contributed by atoms with Gasteiger partial charge in [-0.25, -0.2) is 9.80 Å². The second-order valence-electron chi connectivity index (χ2n) is 5.65. The van der Waals surface area contributed by atoms with Gasteiger partial charge in [0.15, 0.2) is 0 Å². The number of rotatable bonds is 5. The summed E-state index contributed by atoms with van der Waals surface area (Å²) in [6.07, 6.45) is 1.49. The third-order valence-electron chi connectivity index (χ3n) is 3.97. The molecule has 0 unspecified atom stereocenters. The first-order valence-corrected chi connectivity index (χ1v) is 8.32. The normalized spacial score (nSPS) is 15.0. The molecule has 0 atom stereocenters. The Morgan fingerprint density at radius 2 is 1.81 bits per heavy atom. The number of para-hydroxylation sites is 1. The summed E-state index contributed by atoms with van der Waals surface area (Å²) in [6.45, 7) is 2.00. The van der Waals surface area contributed by atoms with Crippen molar-refractivity contribution in [2.24, 2.45) is 0 Å². The standard InChI is InChI=1S/C20H18N2O5/c1-3-27-20(25)13-8-10-15(11-9-13)22-19(24)16(18(23)21-22)12-14-6-4-5-7-17(14)26-2/h4-12H,3H2,1-2H3,(H,21,23)/b16-12-. The van der Waals surface area contributed by atoms with Crippen LogP contribution in [0.2, 0.25) is 0 Å². The van der Waals surface area contributed by atoms with E-state index >= 15 is 0 Å². The zero-order valence-electron chi connectivity index (χ0n) is 14.9. The summed E-state index contributed by atoms with van der Waals surface area (Å²) in [4.78, 5) is 36.7. The zero-order chi connectivity index (χ0) is 19.4. The molecule has 0 aromatic heterocycles. The first-order chi connectivity index (χ1) is 13.0. The first-order valence-electron chi connectivity index (χ1n) is 8.32. The van der Waals surface area contributed by atoms with Gasteiger partial charge in [0.25, 0.3) is 11.8 Å². The molecule has 0 bridgehead atoms. The number of ether oxygens (including phenoxy) is 2. The number of hydrogen-bond acceptors (Lipinski definition) is 5. The summed E-state index contributed by atoms with van der Waals surface area (Å²) >= 11 is 0. The van der Waals surface area contributed by atoms with Crippen LogP contribution in [-0.2, 0) is 14.3 Å². The van der Waals surface area contributed by atoms with Crippen LogP contribution in [0.5, 0.6) is 5.75 Å². The van der Waals surface area contributed by atoms with E-state index in [1.165, 1.54) is 25.3 Å². The summed E-state index contributed by atoms with van der Waals surface area (Å²) in [5.74, 6) is -0.893. The quantitative estimate of drug-likeness (QED) is 0.499. The number of esters is 1. The lowest BCUT2D eigenvalue weighted by Crippen LogP contribution is -2.35. The van der Waals surface area contributed by atoms with Crippen LogP contribution in [0.25, 0.3) is 6.08 Å². The van der Waals surface area contributed by atoms with Gasteiger partial charge in [-0.2, -0.15) is 0 Å². The van der Waals surface area contributed by atoms with Gasteiger partial charge in [-0.1, -0.05) is 18.2 Å². The lowest BCUT2D eigenvalue weighted by atomic mass is 10.1. The van der Waals surface area contributed by atoms with Crippen LogP contribution in [-0.4, -0.2) is 31.5 Å². The van der Waals surface area contributed by atoms with Crippen LogP contribution in [0.1, 0.15) is 22.8 Å². The minimum atomic E-state index is -0.514. The highest BCUT2D eigenvalue weighted by Crippen LogP contribution is 2.25. The fourth-order valence-electron chi connectivity index (χ4n) is 2.64. The molecule has 0 radical (unpaired) electrons. The molecule has 0 spiro atoms. The summed E-state index contributed by atoms with van der Waals surface area (Å²) in [5, 5.41) is 1.14. The molecule has 3 rings (SSSR count). The van der Waals surface area contributed by atoms with Crippen molar-refractivity contribution in [2.45, 2.75) is 6.92 Å². The number of amides is 2. The molecule has 27 heavy (non-hydrogen) atoms. The largest absolute Gasteiger partial charge is 0.496 e. The Balaban J connectivity index is 1.86. The number of nitrogens with one attached hydrogen (secondary N) is 1. The van der Waals surface area contributed by atoms with E-state index in [9.17, 15) is 14.4 Å². The van der Waals surface area contributed by atoms with E-state index in [1.54, 1.807) is 43.3 Å². The predicted octanol–water partition coefficient (Wildman–Crippen LogP) is 2.33. The Labute approximate surface area is 156 Å². The Morgan fingerprint density at radius 3 is 2.48 bits per heavy atom. The second-order valence-corrected chi connectivity index (χ2v) is 5.65. The van der Waals surface area contributed by atoms with Crippen molar-refractivity contribution < 1.29 is 23.9 Å². The number of anilines is 1. The molecule has 1 fully saturated rings. The predicted molar refractivity (Wildman–Crippen MR) is 99.0 cm³/mol. The minimum Gasteiger partial charge on any atom is -0.496 e. The zero-order valence-corrected chi connectivity index (χ0v) is 14.9. The third kappa shape index (κ3) is 3.67. The second kappa shape index (κ2) is 7.74. The van der Waals surface area contributed by atoms with Crippen LogP contribution in [0.3, 0.4) is 0 Å². The van der Waals surface area contributed by atoms with E-state index < -0.39 is 17.8 Å². The van der Waals surface area contributed by atoms with Crippen molar-refractivity contribution in [3.05, 3.63) is 65.2 Å². The Hall–Kier alpha value is -3.61. The molecule has 0 saturated carbocycles. The van der Waals surface area contributed by atoms with Crippen LogP contribution in [0, 0.1) is 0 Å². The lowest BCUT2D eigenvalue weighted by molar-refractivity contribution is -0.117. The van der Waals surface area contributed by atoms with Crippen molar-refractivity contribution in [1.82, 2.24) is 5.43 Å². The summed E-state index contributed by atoms with van der Waals surface area (Å²) in [5.41, 5.74) is 3.94. The van der Waals surface area contributed by atoms with E-state index in [4.69, 9.17) is 9.47 Å². The average molecular weight is 366 g/mol. The smallest absolute Gasteiger partial charge is 0.338 e. The van der Waals surface area contributed by atoms with Gasteiger partial charge >= 0.3 is 5.97 Å². The van der Waals surface area contributed by atoms with Crippen LogP contribution >= 0.6 is 0 Å². The van der Waals surface area contributed by atoms with Crippen molar-refractivity contribution in [3.8, 4) is 5.75 Å². The molecule has 7 nitrogen and oxygen atoms in total. The molecule has 1 N–H and O–H groups in total. The van der Waals surface area contributed by atoms with E-state index in [1.807, 2.05) is 0 Å². The topological polar surface area (TPSA) is 84.9 Å². The van der Waals surface area contributed by atoms with E-state index in [2.05, 4.69) is 5.43 Å². The van der Waals surface area contributed by atoms with Crippen LogP contribution in [0.4, 0.5) is 5.69 Å². The number of carbonyl (C=O) groups excluding carboxylic acids is 3. The monoisotopic (exact) mass is 366 g/mol. The van der Waals surface area contributed by atoms with Gasteiger partial charge in [0, 0.05) is 5.56 Å². The van der Waals surface area contributed by atoms with Crippen molar-refractivity contribution in [2.75, 3.05) is 18.7 Å². The molecule has 7 heteroatoms. The molecule has 1 saturated heterocycles. The van der Waals surface area contributed by atoms with Crippen LogP contribution in [0.15, 0.2) is 54.1 Å². The molecular formula is C20H18N2O5. The molecule has 2 amide bonds. The molecule has 138 valence electrons. The highest BCUT2D eigenvalue weighted by atomic mass is 16.5. The highest BCUT2D eigenvalue weighted by Gasteiger charge is 2.34. The van der Waals surface area contributed by atoms with Gasteiger partial charge in [0.1, 0.15) is 11.3 Å². The lowest BCUT2D eigenvalue weighted by Gasteiger charge is -2.14. The minimum absolute atomic E-state index is 0.00558. The number of nitrogens with zero attached hydrogens (tertiary/aromatic N) is 1. The fourth-order valence-corrected chi connectivity index (χ4v) is 2.64. The molecule has 2 aromatic rings. The SMILES string of the molecule is CCOC(=O)c1ccc(N2NC(=O)/C(=C/c3ccccc3OC)C2=O)cc1. The third-order valence-corrected chi connectivity index (χ3v) is 3.97. The summed E-state index contributed by atoms with van der Waals surface area (Å²) in [7, 11) is 1.52. The van der Waals surface area contributed by atoms with Crippen molar-refractivity contribution in [3.63, 3.8) is 0 Å². The van der Waals surface area contributed by atoms with E-state index in [0.29, 0.717) is 22.6 Å². The Kier molecular flexibility index (Phi) is 5.21. The summed E-state index contributed by atoms with van der Waals surface area (Å²) < 4.78 is 10.2. The van der Waals surface area contributed by atoms with Gasteiger partial charge in [0.2, 0.25) is 0 Å². The van der Waals surface area contributed by atoms with Gasteiger partial charge in [-0.3, -0.25) is 15.0 Å². The Bertz CT molecular complexity index is 918. The Morgan fingerprint density at radius 1 is 1.11 bits per heavy atom. The molecular weight excluding hydrogens is 348 g/mol. The highest BCUT2D eigenvalue weighted by molar-refractivity contribution is 6.31. The number of carbonyl (C=O) groups is 3. The maximum Gasteiger partial charge on any atom is 0.338 e. The van der Waals surface area contributed by atoms with Gasteiger partial charge < -0.3 is 9.47 Å². The summed E-state index contributed by atoms with van der Waals surface area (Å²) in [6, 6.07) is 13.3. The molecule has 1 heterocycles. The van der Waals surface area contributed by atoms with Crippen molar-refractivity contribution in [1.29, 1.82) is 0 Å². The van der Waals surface area contributed by atoms with Gasteiger partial charge in [-0.15, -0.1) is 0 Å². The number of methoxy groups -OCH3 is 1. The molecule has 0 aliphatic carbocycles. The maximum absolute atomic E-state index is 12.7. The molecule has 1 aliphatic heterocycles. The van der Waals surface area contributed by atoms with Crippen molar-refractivity contribution >= 4 is 29.5 Å². The number of hydrogen-bond donors (Lipinski definition) is 1. The average Bonchev–Trinajstić information content (AvgIpc) is 2.97. The molecule has 1 aliphatic rings. The number of benzene rings is 2.